The number of imidazole rings is 1. The molecule has 1 aliphatic carbocycles. The molecular formula is C23H25F4N7O2. The van der Waals surface area contributed by atoms with Crippen LogP contribution in [-0.2, 0) is 9.53 Å². The summed E-state index contributed by atoms with van der Waals surface area (Å²) in [6.07, 6.45) is 2.79. The first kappa shape index (κ1) is 24.2. The molecule has 2 aromatic heterocycles. The van der Waals surface area contributed by atoms with Crippen molar-refractivity contribution in [3.63, 3.8) is 0 Å². The van der Waals surface area contributed by atoms with E-state index in [0.29, 0.717) is 62.0 Å². The maximum Gasteiger partial charge on any atom is 0.225 e. The summed E-state index contributed by atoms with van der Waals surface area (Å²) in [6, 6.07) is 0.386. The van der Waals surface area contributed by atoms with E-state index in [2.05, 4.69) is 25.6 Å². The van der Waals surface area contributed by atoms with Crippen LogP contribution in [0.3, 0.4) is 0 Å². The summed E-state index contributed by atoms with van der Waals surface area (Å²) in [6.45, 7) is 0.383. The van der Waals surface area contributed by atoms with Gasteiger partial charge in [-0.2, -0.15) is 4.98 Å². The van der Waals surface area contributed by atoms with Gasteiger partial charge in [0.05, 0.1) is 18.8 Å². The number of hydrogen-bond donors (Lipinski definition) is 3. The number of benzene rings is 1. The van der Waals surface area contributed by atoms with Crippen LogP contribution in [0, 0.1) is 23.4 Å². The molecule has 9 nitrogen and oxygen atoms in total. The van der Waals surface area contributed by atoms with Crippen molar-refractivity contribution < 1.29 is 27.1 Å². The van der Waals surface area contributed by atoms with Crippen molar-refractivity contribution >= 4 is 34.7 Å². The first-order valence-corrected chi connectivity index (χ1v) is 11.7. The molecule has 2 fully saturated rings. The summed E-state index contributed by atoms with van der Waals surface area (Å²) in [5, 5.41) is 5.64. The van der Waals surface area contributed by atoms with Gasteiger partial charge in [-0.05, 0) is 32.1 Å². The molecule has 0 spiro atoms. The van der Waals surface area contributed by atoms with Crippen molar-refractivity contribution in [2.45, 2.75) is 50.4 Å². The van der Waals surface area contributed by atoms with Crippen LogP contribution in [-0.4, -0.2) is 50.9 Å². The number of alkyl halides is 1. The van der Waals surface area contributed by atoms with Gasteiger partial charge >= 0.3 is 0 Å². The van der Waals surface area contributed by atoms with Gasteiger partial charge in [-0.25, -0.2) is 27.5 Å². The Kier molecular flexibility index (Phi) is 6.65. The third kappa shape index (κ3) is 4.79. The molecule has 0 bridgehead atoms. The molecule has 1 saturated heterocycles. The average Bonchev–Trinajstić information content (AvgIpc) is 3.20. The van der Waals surface area contributed by atoms with Gasteiger partial charge in [0.15, 0.2) is 17.3 Å². The molecule has 2 aliphatic rings. The molecule has 192 valence electrons. The molecule has 1 amide bonds. The summed E-state index contributed by atoms with van der Waals surface area (Å²) >= 11 is 0. The van der Waals surface area contributed by atoms with E-state index in [1.807, 2.05) is 0 Å². The molecule has 13 heteroatoms. The lowest BCUT2D eigenvalue weighted by Crippen LogP contribution is -2.39. The number of hydrogen-bond acceptors (Lipinski definition) is 7. The van der Waals surface area contributed by atoms with Crippen LogP contribution in [0.15, 0.2) is 18.3 Å². The van der Waals surface area contributed by atoms with Crippen molar-refractivity contribution in [1.29, 1.82) is 0 Å². The molecule has 5 rings (SSSR count). The number of nitrogens with zero attached hydrogens (tertiary/aromatic N) is 4. The van der Waals surface area contributed by atoms with Gasteiger partial charge in [0.1, 0.15) is 23.2 Å². The zero-order valence-electron chi connectivity index (χ0n) is 19.2. The van der Waals surface area contributed by atoms with Crippen LogP contribution >= 0.6 is 0 Å². The molecule has 3 heterocycles. The van der Waals surface area contributed by atoms with Gasteiger partial charge in [0, 0.05) is 30.7 Å². The standard InChI is InChI=1S/C23H25F4N7O2/c24-12-7-14(25)19(15(26)8-12)32-23-31-18-9-29-22(30-17-5-6-36-10-16(17)27)33-21(18)34(23)13-3-1-11(2-4-13)20(28)35/h7-9,11,13,16-17H,1-6,10H2,(H2,28,35)(H,31,32)(H,29,30,33)/t11-,13-,16-,17-/m0/s1. The van der Waals surface area contributed by atoms with Gasteiger partial charge in [-0.1, -0.05) is 0 Å². The molecule has 1 aromatic carbocycles. The smallest absolute Gasteiger partial charge is 0.225 e. The van der Waals surface area contributed by atoms with Crippen LogP contribution in [0.5, 0.6) is 0 Å². The number of nitrogens with two attached hydrogens (primary N) is 1. The van der Waals surface area contributed by atoms with E-state index in [1.165, 1.54) is 6.20 Å². The Labute approximate surface area is 203 Å². The summed E-state index contributed by atoms with van der Waals surface area (Å²) in [7, 11) is 0. The van der Waals surface area contributed by atoms with Crippen molar-refractivity contribution in [3.05, 3.63) is 35.8 Å². The number of aromatic nitrogens is 4. The topological polar surface area (TPSA) is 120 Å². The predicted molar refractivity (Wildman–Crippen MR) is 123 cm³/mol. The average molecular weight is 507 g/mol. The highest BCUT2D eigenvalue weighted by atomic mass is 19.1. The molecule has 3 aromatic rings. The zero-order chi connectivity index (χ0) is 25.4. The van der Waals surface area contributed by atoms with Crippen LogP contribution in [0.2, 0.25) is 0 Å². The lowest BCUT2D eigenvalue weighted by Gasteiger charge is -2.29. The minimum atomic E-state index is -1.23. The van der Waals surface area contributed by atoms with E-state index >= 15 is 0 Å². The Morgan fingerprint density at radius 1 is 1.08 bits per heavy atom. The molecule has 1 aliphatic heterocycles. The summed E-state index contributed by atoms with van der Waals surface area (Å²) in [5.41, 5.74) is 5.61. The van der Waals surface area contributed by atoms with Crippen LogP contribution < -0.4 is 16.4 Å². The number of amides is 1. The van der Waals surface area contributed by atoms with Crippen LogP contribution in [0.25, 0.3) is 11.2 Å². The van der Waals surface area contributed by atoms with Crippen molar-refractivity contribution in [1.82, 2.24) is 19.5 Å². The molecule has 36 heavy (non-hydrogen) atoms. The highest BCUT2D eigenvalue weighted by molar-refractivity contribution is 5.78. The summed E-state index contributed by atoms with van der Waals surface area (Å²) in [5.74, 6) is -3.66. The van der Waals surface area contributed by atoms with Gasteiger partial charge in [0.2, 0.25) is 17.8 Å². The van der Waals surface area contributed by atoms with Gasteiger partial charge < -0.3 is 21.1 Å². The minimum absolute atomic E-state index is 0.0240. The quantitative estimate of drug-likeness (QED) is 0.435. The van der Waals surface area contributed by atoms with E-state index < -0.39 is 35.4 Å². The normalized spacial score (nSPS) is 24.6. The number of primary amides is 1. The number of anilines is 3. The van der Waals surface area contributed by atoms with Crippen LogP contribution in [0.1, 0.15) is 38.1 Å². The number of carbonyl (C=O) groups excluding carboxylic acids is 1. The first-order valence-electron chi connectivity index (χ1n) is 11.7. The molecule has 0 radical (unpaired) electrons. The second-order valence-corrected chi connectivity index (χ2v) is 9.12. The Morgan fingerprint density at radius 2 is 1.81 bits per heavy atom. The van der Waals surface area contributed by atoms with E-state index in [-0.39, 0.29) is 36.4 Å². The SMILES string of the molecule is NC(=O)[C@H]1CC[C@H](n2c(Nc3c(F)cc(F)cc3F)nc3cnc(N[C@H]4CCOC[C@@H]4F)nc32)CC1. The Bertz CT molecular complexity index is 1260. The van der Waals surface area contributed by atoms with Crippen LogP contribution in [0.4, 0.5) is 35.1 Å². The van der Waals surface area contributed by atoms with Gasteiger partial charge in [-0.3, -0.25) is 9.36 Å². The molecular weight excluding hydrogens is 482 g/mol. The first-order chi connectivity index (χ1) is 17.3. The molecule has 4 N–H and O–H groups in total. The second-order valence-electron chi connectivity index (χ2n) is 9.12. The maximum absolute atomic E-state index is 14.4. The van der Waals surface area contributed by atoms with E-state index in [4.69, 9.17) is 10.5 Å². The van der Waals surface area contributed by atoms with E-state index in [1.54, 1.807) is 4.57 Å². The number of fused-ring (bicyclic) bond motifs is 1. The predicted octanol–water partition coefficient (Wildman–Crippen LogP) is 3.74. The lowest BCUT2D eigenvalue weighted by atomic mass is 9.85. The molecule has 2 atom stereocenters. The Morgan fingerprint density at radius 3 is 2.47 bits per heavy atom. The van der Waals surface area contributed by atoms with Crippen molar-refractivity contribution in [2.24, 2.45) is 11.7 Å². The number of rotatable bonds is 6. The fourth-order valence-corrected chi connectivity index (χ4v) is 4.82. The lowest BCUT2D eigenvalue weighted by molar-refractivity contribution is -0.122. The van der Waals surface area contributed by atoms with Gasteiger partial charge in [-0.15, -0.1) is 0 Å². The van der Waals surface area contributed by atoms with Crippen molar-refractivity contribution in [3.8, 4) is 0 Å². The summed E-state index contributed by atoms with van der Waals surface area (Å²) in [4.78, 5) is 24.8. The second kappa shape index (κ2) is 9.88. The number of nitrogens with one attached hydrogen (secondary N) is 2. The Balaban J connectivity index is 1.53. The third-order valence-electron chi connectivity index (χ3n) is 6.74. The number of carbonyl (C=O) groups is 1. The highest BCUT2D eigenvalue weighted by Gasteiger charge is 2.30. The highest BCUT2D eigenvalue weighted by Crippen LogP contribution is 2.37. The number of halogens is 4. The zero-order valence-corrected chi connectivity index (χ0v) is 19.2. The monoisotopic (exact) mass is 507 g/mol. The van der Waals surface area contributed by atoms with Gasteiger partial charge in [0.25, 0.3) is 0 Å². The van der Waals surface area contributed by atoms with Crippen molar-refractivity contribution in [2.75, 3.05) is 23.8 Å². The fourth-order valence-electron chi connectivity index (χ4n) is 4.82. The largest absolute Gasteiger partial charge is 0.378 e. The molecule has 1 saturated carbocycles. The fraction of sp³-hybridized carbons (Fsp3) is 0.478. The molecule has 0 unspecified atom stereocenters. The summed E-state index contributed by atoms with van der Waals surface area (Å²) < 4.78 is 63.3. The maximum atomic E-state index is 14.4. The van der Waals surface area contributed by atoms with E-state index in [0.717, 1.165) is 0 Å². The Hall–Kier alpha value is -3.48. The third-order valence-corrected chi connectivity index (χ3v) is 6.74. The number of ether oxygens (including phenoxy) is 1. The van der Waals surface area contributed by atoms with E-state index in [9.17, 15) is 22.4 Å². The minimum Gasteiger partial charge on any atom is -0.378 e.